The van der Waals surface area contributed by atoms with E-state index in [0.717, 1.165) is 0 Å². The maximum atomic E-state index is 12.4. The van der Waals surface area contributed by atoms with Gasteiger partial charge < -0.3 is 0 Å². The number of rotatable bonds is 2. The Bertz CT molecular complexity index is 397. The van der Waals surface area contributed by atoms with E-state index in [1.165, 1.54) is 12.1 Å². The Balaban J connectivity index is 2.35. The molecule has 0 saturated carbocycles. The molecule has 0 amide bonds. The van der Waals surface area contributed by atoms with Crippen molar-refractivity contribution in [3.8, 4) is 0 Å². The van der Waals surface area contributed by atoms with E-state index in [1.54, 1.807) is 18.3 Å². The van der Waals surface area contributed by atoms with Crippen molar-refractivity contribution in [2.45, 2.75) is 6.43 Å². The first kappa shape index (κ1) is 8.99. The Kier molecular flexibility index (Phi) is 2.35. The first-order chi connectivity index (χ1) is 6.77. The molecule has 0 unspecified atom stereocenters. The molecule has 1 aromatic rings. The summed E-state index contributed by atoms with van der Waals surface area (Å²) in [5.41, 5.74) is 0.656. The molecule has 0 aromatic heterocycles. The van der Waals surface area contributed by atoms with Gasteiger partial charge >= 0.3 is 0 Å². The van der Waals surface area contributed by atoms with Crippen LogP contribution in [0.4, 0.5) is 8.78 Å². The number of aliphatic imine (C=N–C) groups is 2. The van der Waals surface area contributed by atoms with Gasteiger partial charge in [-0.15, -0.1) is 0 Å². The lowest BCUT2D eigenvalue weighted by atomic mass is 10.1. The molecule has 0 fully saturated rings. The van der Waals surface area contributed by atoms with Crippen LogP contribution in [0.1, 0.15) is 17.6 Å². The summed E-state index contributed by atoms with van der Waals surface area (Å²) in [6.07, 6.45) is -0.786. The van der Waals surface area contributed by atoms with Crippen molar-refractivity contribution in [3.05, 3.63) is 35.4 Å². The summed E-state index contributed by atoms with van der Waals surface area (Å²) in [6, 6.07) is 6.14. The average molecular weight is 194 g/mol. The van der Waals surface area contributed by atoms with Crippen LogP contribution in [0.15, 0.2) is 34.3 Å². The first-order valence-corrected chi connectivity index (χ1v) is 4.23. The van der Waals surface area contributed by atoms with Gasteiger partial charge in [0.2, 0.25) is 0 Å². The zero-order valence-corrected chi connectivity index (χ0v) is 7.32. The molecule has 1 heterocycles. The molecule has 14 heavy (non-hydrogen) atoms. The van der Waals surface area contributed by atoms with Crippen LogP contribution in [0.2, 0.25) is 0 Å². The van der Waals surface area contributed by atoms with Crippen molar-refractivity contribution in [3.63, 3.8) is 0 Å². The summed E-state index contributed by atoms with van der Waals surface area (Å²) in [5, 5.41) is 0. The second kappa shape index (κ2) is 3.65. The minimum absolute atomic E-state index is 0.00676. The third kappa shape index (κ3) is 1.69. The Morgan fingerprint density at radius 1 is 1.29 bits per heavy atom. The van der Waals surface area contributed by atoms with Gasteiger partial charge in [-0.1, -0.05) is 18.2 Å². The molecule has 2 rings (SSSR count). The van der Waals surface area contributed by atoms with Crippen LogP contribution in [0, 0.1) is 0 Å². The van der Waals surface area contributed by atoms with Gasteiger partial charge in [-0.05, 0) is 6.07 Å². The molecule has 0 spiro atoms. The van der Waals surface area contributed by atoms with Gasteiger partial charge in [-0.25, -0.2) is 13.8 Å². The van der Waals surface area contributed by atoms with Crippen molar-refractivity contribution in [1.82, 2.24) is 0 Å². The SMILES string of the molecule is FC(F)c1cccc(C2=NCC=N2)c1. The number of halogens is 2. The number of benzene rings is 1. The second-order valence-electron chi connectivity index (χ2n) is 2.90. The fraction of sp³-hybridized carbons (Fsp3) is 0.200. The maximum absolute atomic E-state index is 12.4. The molecule has 1 aliphatic rings. The lowest BCUT2D eigenvalue weighted by Gasteiger charge is -2.02. The van der Waals surface area contributed by atoms with E-state index >= 15 is 0 Å². The van der Waals surface area contributed by atoms with E-state index in [2.05, 4.69) is 9.98 Å². The van der Waals surface area contributed by atoms with Crippen molar-refractivity contribution in [2.24, 2.45) is 9.98 Å². The quantitative estimate of drug-likeness (QED) is 0.690. The highest BCUT2D eigenvalue weighted by Gasteiger charge is 2.10. The number of alkyl halides is 2. The molecule has 0 aliphatic carbocycles. The minimum Gasteiger partial charge on any atom is -0.260 e. The fourth-order valence-corrected chi connectivity index (χ4v) is 1.27. The summed E-state index contributed by atoms with van der Waals surface area (Å²) in [7, 11) is 0. The largest absolute Gasteiger partial charge is 0.263 e. The predicted octanol–water partition coefficient (Wildman–Crippen LogP) is 2.46. The van der Waals surface area contributed by atoms with Crippen molar-refractivity contribution in [2.75, 3.05) is 6.54 Å². The van der Waals surface area contributed by atoms with Gasteiger partial charge in [0.25, 0.3) is 6.43 Å². The third-order valence-electron chi connectivity index (χ3n) is 1.93. The third-order valence-corrected chi connectivity index (χ3v) is 1.93. The smallest absolute Gasteiger partial charge is 0.260 e. The van der Waals surface area contributed by atoms with Crippen LogP contribution in [0.3, 0.4) is 0 Å². The van der Waals surface area contributed by atoms with Crippen LogP contribution in [0.5, 0.6) is 0 Å². The van der Waals surface area contributed by atoms with E-state index in [0.29, 0.717) is 17.9 Å². The molecule has 0 N–H and O–H groups in total. The van der Waals surface area contributed by atoms with Gasteiger partial charge in [0.1, 0.15) is 0 Å². The van der Waals surface area contributed by atoms with Gasteiger partial charge in [-0.3, -0.25) is 4.99 Å². The molecule has 72 valence electrons. The van der Waals surface area contributed by atoms with Crippen LogP contribution in [-0.2, 0) is 0 Å². The Morgan fingerprint density at radius 2 is 2.14 bits per heavy atom. The maximum Gasteiger partial charge on any atom is 0.263 e. The van der Waals surface area contributed by atoms with E-state index in [-0.39, 0.29) is 5.56 Å². The van der Waals surface area contributed by atoms with Crippen LogP contribution in [-0.4, -0.2) is 18.6 Å². The highest BCUT2D eigenvalue weighted by Crippen LogP contribution is 2.20. The summed E-state index contributed by atoms with van der Waals surface area (Å²) in [5.74, 6) is 0.535. The minimum atomic E-state index is -2.44. The molecule has 0 atom stereocenters. The van der Waals surface area contributed by atoms with Gasteiger partial charge in [0.05, 0.1) is 6.54 Å². The van der Waals surface area contributed by atoms with Crippen molar-refractivity contribution < 1.29 is 8.78 Å². The summed E-state index contributed by atoms with van der Waals surface area (Å²) < 4.78 is 24.7. The van der Waals surface area contributed by atoms with E-state index in [4.69, 9.17) is 0 Å². The summed E-state index contributed by atoms with van der Waals surface area (Å²) in [6.45, 7) is 0.536. The summed E-state index contributed by atoms with van der Waals surface area (Å²) >= 11 is 0. The highest BCUT2D eigenvalue weighted by molar-refractivity contribution is 6.06. The number of hydrogen-bond acceptors (Lipinski definition) is 2. The van der Waals surface area contributed by atoms with Gasteiger partial charge in [0, 0.05) is 17.3 Å². The molecule has 0 saturated heterocycles. The number of hydrogen-bond donors (Lipinski definition) is 0. The number of amidine groups is 1. The zero-order valence-electron chi connectivity index (χ0n) is 7.32. The first-order valence-electron chi connectivity index (χ1n) is 4.23. The van der Waals surface area contributed by atoms with Gasteiger partial charge in [0.15, 0.2) is 5.84 Å². The van der Waals surface area contributed by atoms with Crippen LogP contribution < -0.4 is 0 Å². The van der Waals surface area contributed by atoms with Gasteiger partial charge in [-0.2, -0.15) is 0 Å². The molecule has 1 aliphatic heterocycles. The molecule has 0 radical (unpaired) electrons. The standard InChI is InChI=1S/C10H8F2N2/c11-9(12)7-2-1-3-8(6-7)10-13-4-5-14-10/h1-4,6,9H,5H2. The summed E-state index contributed by atoms with van der Waals surface area (Å²) in [4.78, 5) is 8.04. The number of nitrogens with zero attached hydrogens (tertiary/aromatic N) is 2. The van der Waals surface area contributed by atoms with E-state index < -0.39 is 6.43 Å². The lowest BCUT2D eigenvalue weighted by Crippen LogP contribution is -1.95. The second-order valence-corrected chi connectivity index (χ2v) is 2.90. The molecule has 2 nitrogen and oxygen atoms in total. The normalized spacial score (nSPS) is 14.9. The molecule has 1 aromatic carbocycles. The van der Waals surface area contributed by atoms with E-state index in [1.807, 2.05) is 0 Å². The zero-order chi connectivity index (χ0) is 9.97. The van der Waals surface area contributed by atoms with Crippen LogP contribution >= 0.6 is 0 Å². The fourth-order valence-electron chi connectivity index (χ4n) is 1.27. The Hall–Kier alpha value is -1.58. The predicted molar refractivity (Wildman–Crippen MR) is 51.3 cm³/mol. The molecule has 0 bridgehead atoms. The molecule has 4 heteroatoms. The Morgan fingerprint density at radius 3 is 2.79 bits per heavy atom. The highest BCUT2D eigenvalue weighted by atomic mass is 19.3. The average Bonchev–Trinajstić information content (AvgIpc) is 2.71. The van der Waals surface area contributed by atoms with E-state index in [9.17, 15) is 8.78 Å². The topological polar surface area (TPSA) is 24.7 Å². The lowest BCUT2D eigenvalue weighted by molar-refractivity contribution is 0.151. The van der Waals surface area contributed by atoms with Crippen molar-refractivity contribution in [1.29, 1.82) is 0 Å². The molecular weight excluding hydrogens is 186 g/mol. The molecular formula is C10H8F2N2. The van der Waals surface area contributed by atoms with Crippen LogP contribution in [0.25, 0.3) is 0 Å². The monoisotopic (exact) mass is 194 g/mol. The van der Waals surface area contributed by atoms with Crippen molar-refractivity contribution >= 4 is 12.1 Å². The Labute approximate surface area is 80.0 Å².